The quantitative estimate of drug-likeness (QED) is 0.794. The summed E-state index contributed by atoms with van der Waals surface area (Å²) in [6.07, 6.45) is 1.39. The lowest BCUT2D eigenvalue weighted by atomic mass is 10.2. The topological polar surface area (TPSA) is 51.9 Å². The van der Waals surface area contributed by atoms with E-state index in [0.29, 0.717) is 6.61 Å². The van der Waals surface area contributed by atoms with Crippen LogP contribution >= 0.6 is 0 Å². The summed E-state index contributed by atoms with van der Waals surface area (Å²) in [6, 6.07) is 12.1. The van der Waals surface area contributed by atoms with Crippen molar-refractivity contribution in [1.82, 2.24) is 4.90 Å². The highest BCUT2D eigenvalue weighted by Gasteiger charge is 2.23. The molecule has 5 nitrogen and oxygen atoms in total. The number of carbonyl (C=O) groups excluding carboxylic acids is 1. The van der Waals surface area contributed by atoms with Crippen molar-refractivity contribution in [2.45, 2.75) is 19.6 Å². The third-order valence-corrected chi connectivity index (χ3v) is 3.92. The van der Waals surface area contributed by atoms with E-state index in [0.717, 1.165) is 25.2 Å². The largest absolute Gasteiger partial charge is 0.457 e. The van der Waals surface area contributed by atoms with Gasteiger partial charge in [-0.2, -0.15) is 0 Å². The fourth-order valence-corrected chi connectivity index (χ4v) is 2.68. The highest BCUT2D eigenvalue weighted by Crippen LogP contribution is 2.13. The molecule has 5 heteroatoms. The molecule has 2 heterocycles. The first-order valence-corrected chi connectivity index (χ1v) is 7.81. The number of benzene rings is 1. The Bertz CT molecular complexity index is 637. The van der Waals surface area contributed by atoms with E-state index in [1.807, 2.05) is 25.1 Å². The van der Waals surface area contributed by atoms with Gasteiger partial charge in [0.05, 0.1) is 12.9 Å². The number of morpholine rings is 1. The molecule has 1 aromatic heterocycles. The highest BCUT2D eigenvalue weighted by atomic mass is 16.6. The van der Waals surface area contributed by atoms with Crippen LogP contribution in [0.1, 0.15) is 21.7 Å². The van der Waals surface area contributed by atoms with Gasteiger partial charge in [-0.15, -0.1) is 0 Å². The highest BCUT2D eigenvalue weighted by molar-refractivity contribution is 5.87. The zero-order valence-corrected chi connectivity index (χ0v) is 13.2. The van der Waals surface area contributed by atoms with Crippen LogP contribution < -0.4 is 0 Å². The predicted molar refractivity (Wildman–Crippen MR) is 85.2 cm³/mol. The average molecular weight is 315 g/mol. The second-order valence-corrected chi connectivity index (χ2v) is 5.74. The molecule has 1 atom stereocenters. The number of hydrogen-bond donors (Lipinski definition) is 0. The Morgan fingerprint density at radius 3 is 2.87 bits per heavy atom. The lowest BCUT2D eigenvalue weighted by Crippen LogP contribution is -2.44. The molecule has 0 radical (unpaired) electrons. The van der Waals surface area contributed by atoms with Crippen LogP contribution in [0.5, 0.6) is 0 Å². The van der Waals surface area contributed by atoms with Crippen molar-refractivity contribution in [3.63, 3.8) is 0 Å². The molecule has 3 rings (SSSR count). The van der Waals surface area contributed by atoms with Crippen molar-refractivity contribution in [2.24, 2.45) is 0 Å². The second kappa shape index (κ2) is 7.44. The first-order chi connectivity index (χ1) is 11.2. The van der Waals surface area contributed by atoms with Gasteiger partial charge in [0.2, 0.25) is 5.76 Å². The minimum atomic E-state index is -0.434. The van der Waals surface area contributed by atoms with Crippen molar-refractivity contribution in [3.8, 4) is 0 Å². The Kier molecular flexibility index (Phi) is 5.10. The van der Waals surface area contributed by atoms with Gasteiger partial charge in [0, 0.05) is 25.2 Å². The van der Waals surface area contributed by atoms with Gasteiger partial charge in [-0.3, -0.25) is 4.90 Å². The zero-order chi connectivity index (χ0) is 16.1. The van der Waals surface area contributed by atoms with Crippen LogP contribution in [0.15, 0.2) is 47.1 Å². The lowest BCUT2D eigenvalue weighted by Gasteiger charge is -2.32. The van der Waals surface area contributed by atoms with Gasteiger partial charge in [0.1, 0.15) is 12.7 Å². The Balaban J connectivity index is 1.49. The van der Waals surface area contributed by atoms with Gasteiger partial charge in [-0.25, -0.2) is 4.79 Å². The Morgan fingerprint density at radius 2 is 2.13 bits per heavy atom. The van der Waals surface area contributed by atoms with Crippen molar-refractivity contribution < 1.29 is 18.7 Å². The molecule has 1 saturated heterocycles. The summed E-state index contributed by atoms with van der Waals surface area (Å²) in [4.78, 5) is 14.3. The monoisotopic (exact) mass is 315 g/mol. The second-order valence-electron chi connectivity index (χ2n) is 5.74. The molecule has 0 bridgehead atoms. The SMILES string of the molecule is Cc1ccoc1C(=O)OCC1CN(Cc2ccccc2)CCO1. The summed E-state index contributed by atoms with van der Waals surface area (Å²) >= 11 is 0. The molecule has 0 saturated carbocycles. The maximum atomic E-state index is 12.0. The van der Waals surface area contributed by atoms with Crippen LogP contribution in [0, 0.1) is 6.92 Å². The number of furan rings is 1. The van der Waals surface area contributed by atoms with Gasteiger partial charge in [0.25, 0.3) is 0 Å². The molecular weight excluding hydrogens is 294 g/mol. The van der Waals surface area contributed by atoms with E-state index in [-0.39, 0.29) is 18.5 Å². The van der Waals surface area contributed by atoms with Crippen molar-refractivity contribution >= 4 is 5.97 Å². The standard InChI is InChI=1S/C18H21NO4/c1-14-7-9-22-17(14)18(20)23-13-16-12-19(8-10-21-16)11-15-5-3-2-4-6-15/h2-7,9,16H,8,10-13H2,1H3. The molecule has 0 spiro atoms. The summed E-state index contributed by atoms with van der Waals surface area (Å²) in [5, 5.41) is 0. The van der Waals surface area contributed by atoms with Gasteiger partial charge in [0.15, 0.2) is 0 Å². The van der Waals surface area contributed by atoms with Crippen molar-refractivity contribution in [2.75, 3.05) is 26.3 Å². The van der Waals surface area contributed by atoms with E-state index in [9.17, 15) is 4.79 Å². The first-order valence-electron chi connectivity index (χ1n) is 7.81. The minimum absolute atomic E-state index is 0.105. The fraction of sp³-hybridized carbons (Fsp3) is 0.389. The third-order valence-electron chi connectivity index (χ3n) is 3.92. The molecule has 0 N–H and O–H groups in total. The summed E-state index contributed by atoms with van der Waals surface area (Å²) < 4.78 is 16.2. The molecule has 1 unspecified atom stereocenters. The predicted octanol–water partition coefficient (Wildman–Crippen LogP) is 2.65. The van der Waals surface area contributed by atoms with E-state index in [4.69, 9.17) is 13.9 Å². The molecular formula is C18H21NO4. The lowest BCUT2D eigenvalue weighted by molar-refractivity contribution is -0.0618. The van der Waals surface area contributed by atoms with Gasteiger partial charge < -0.3 is 13.9 Å². The van der Waals surface area contributed by atoms with E-state index >= 15 is 0 Å². The number of carbonyl (C=O) groups is 1. The maximum absolute atomic E-state index is 12.0. The number of rotatable bonds is 5. The third kappa shape index (κ3) is 4.21. The van der Waals surface area contributed by atoms with E-state index in [2.05, 4.69) is 17.0 Å². The molecule has 2 aromatic rings. The average Bonchev–Trinajstić information content (AvgIpc) is 3.00. The molecule has 122 valence electrons. The summed E-state index contributed by atoms with van der Waals surface area (Å²) in [5.74, 6) is -0.168. The van der Waals surface area contributed by atoms with Gasteiger partial charge in [-0.1, -0.05) is 30.3 Å². The van der Waals surface area contributed by atoms with Crippen LogP contribution in [0.3, 0.4) is 0 Å². The smallest absolute Gasteiger partial charge is 0.374 e. The molecule has 1 fully saturated rings. The Labute approximate surface area is 135 Å². The molecule has 1 aliphatic heterocycles. The van der Waals surface area contributed by atoms with E-state index < -0.39 is 5.97 Å². The molecule has 1 aliphatic rings. The number of esters is 1. The van der Waals surface area contributed by atoms with E-state index in [1.54, 1.807) is 6.07 Å². The van der Waals surface area contributed by atoms with Crippen LogP contribution in [0.2, 0.25) is 0 Å². The molecule has 23 heavy (non-hydrogen) atoms. The van der Waals surface area contributed by atoms with Crippen molar-refractivity contribution in [3.05, 3.63) is 59.5 Å². The first kappa shape index (κ1) is 15.8. The van der Waals surface area contributed by atoms with Crippen LogP contribution in [0.4, 0.5) is 0 Å². The number of hydrogen-bond acceptors (Lipinski definition) is 5. The fourth-order valence-electron chi connectivity index (χ4n) is 2.68. The Morgan fingerprint density at radius 1 is 1.30 bits per heavy atom. The summed E-state index contributed by atoms with van der Waals surface area (Å²) in [6.45, 7) is 5.22. The van der Waals surface area contributed by atoms with E-state index in [1.165, 1.54) is 11.8 Å². The number of aryl methyl sites for hydroxylation is 1. The van der Waals surface area contributed by atoms with Crippen LogP contribution in [-0.4, -0.2) is 43.3 Å². The maximum Gasteiger partial charge on any atom is 0.374 e. The van der Waals surface area contributed by atoms with Crippen LogP contribution in [0.25, 0.3) is 0 Å². The normalized spacial score (nSPS) is 18.7. The van der Waals surface area contributed by atoms with Gasteiger partial charge in [-0.05, 0) is 18.6 Å². The van der Waals surface area contributed by atoms with Crippen molar-refractivity contribution in [1.29, 1.82) is 0 Å². The number of nitrogens with zero attached hydrogens (tertiary/aromatic N) is 1. The minimum Gasteiger partial charge on any atom is -0.457 e. The molecule has 1 aromatic carbocycles. The number of ether oxygens (including phenoxy) is 2. The van der Waals surface area contributed by atoms with Crippen LogP contribution in [-0.2, 0) is 16.0 Å². The molecule has 0 amide bonds. The van der Waals surface area contributed by atoms with Gasteiger partial charge >= 0.3 is 5.97 Å². The molecule has 0 aliphatic carbocycles. The zero-order valence-electron chi connectivity index (χ0n) is 13.2. The Hall–Kier alpha value is -2.11. The summed E-state index contributed by atoms with van der Waals surface area (Å²) in [7, 11) is 0. The summed E-state index contributed by atoms with van der Waals surface area (Å²) in [5.41, 5.74) is 2.06.